The third kappa shape index (κ3) is 4.38. The number of ether oxygens (including phenoxy) is 1. The number of H-pyrrole nitrogens is 1. The molecule has 0 aliphatic heterocycles. The summed E-state index contributed by atoms with van der Waals surface area (Å²) in [5.74, 6) is 0.303. The van der Waals surface area contributed by atoms with Crippen molar-refractivity contribution in [2.45, 2.75) is 25.9 Å². The third-order valence-electron chi connectivity index (χ3n) is 4.47. The molecule has 152 valence electrons. The second kappa shape index (κ2) is 8.84. The highest BCUT2D eigenvalue weighted by Crippen LogP contribution is 2.26. The molecule has 0 unspecified atom stereocenters. The van der Waals surface area contributed by atoms with Crippen molar-refractivity contribution in [3.05, 3.63) is 51.8 Å². The minimum atomic E-state index is -0.425. The van der Waals surface area contributed by atoms with Gasteiger partial charge in [-0.05, 0) is 50.6 Å². The van der Waals surface area contributed by atoms with Gasteiger partial charge in [0.2, 0.25) is 0 Å². The summed E-state index contributed by atoms with van der Waals surface area (Å²) in [5, 5.41) is 9.67. The maximum atomic E-state index is 12.7. The van der Waals surface area contributed by atoms with E-state index in [0.717, 1.165) is 5.56 Å². The van der Waals surface area contributed by atoms with Crippen molar-refractivity contribution in [1.29, 1.82) is 0 Å². The number of hydrogen-bond acceptors (Lipinski definition) is 6. The Balaban J connectivity index is 1.74. The number of esters is 1. The zero-order chi connectivity index (χ0) is 21.1. The smallest absolute Gasteiger partial charge is 0.340 e. The van der Waals surface area contributed by atoms with Crippen LogP contribution in [-0.4, -0.2) is 43.9 Å². The number of hydrogen-bond donors (Lipinski definition) is 1. The summed E-state index contributed by atoms with van der Waals surface area (Å²) in [5.41, 5.74) is 2.95. The molecule has 0 aliphatic carbocycles. The fraction of sp³-hybridized carbons (Fsp3) is 0.300. The van der Waals surface area contributed by atoms with Crippen molar-refractivity contribution in [2.24, 2.45) is 7.05 Å². The molecule has 0 atom stereocenters. The largest absolute Gasteiger partial charge is 0.462 e. The summed E-state index contributed by atoms with van der Waals surface area (Å²) in [7, 11) is 1.85. The molecule has 0 aliphatic rings. The van der Waals surface area contributed by atoms with Crippen LogP contribution in [0.3, 0.4) is 0 Å². The molecular formula is C20H21ClN4O3S. The van der Waals surface area contributed by atoms with E-state index >= 15 is 0 Å². The minimum Gasteiger partial charge on any atom is -0.462 e. The lowest BCUT2D eigenvalue weighted by molar-refractivity contribution is 0.0525. The number of rotatable bonds is 7. The first kappa shape index (κ1) is 21.1. The monoisotopic (exact) mass is 432 g/mol. The number of ketones is 1. The van der Waals surface area contributed by atoms with E-state index in [1.54, 1.807) is 32.9 Å². The van der Waals surface area contributed by atoms with Crippen molar-refractivity contribution >= 4 is 35.1 Å². The highest BCUT2D eigenvalue weighted by molar-refractivity contribution is 7.99. The van der Waals surface area contributed by atoms with Crippen LogP contribution in [-0.2, 0) is 11.8 Å². The zero-order valence-electron chi connectivity index (χ0n) is 16.6. The Bertz CT molecular complexity index is 1060. The first-order chi connectivity index (χ1) is 13.8. The van der Waals surface area contributed by atoms with Gasteiger partial charge in [0.1, 0.15) is 0 Å². The summed E-state index contributed by atoms with van der Waals surface area (Å²) in [4.78, 5) is 27.9. The Kier molecular flexibility index (Phi) is 6.44. The molecule has 2 heterocycles. The normalized spacial score (nSPS) is 10.9. The van der Waals surface area contributed by atoms with Gasteiger partial charge >= 0.3 is 5.97 Å². The van der Waals surface area contributed by atoms with Gasteiger partial charge in [-0.1, -0.05) is 23.4 Å². The molecule has 0 amide bonds. The van der Waals surface area contributed by atoms with Crippen LogP contribution in [0.2, 0.25) is 5.02 Å². The second-order valence-corrected chi connectivity index (χ2v) is 7.81. The van der Waals surface area contributed by atoms with E-state index < -0.39 is 5.97 Å². The van der Waals surface area contributed by atoms with Crippen molar-refractivity contribution in [3.8, 4) is 11.4 Å². The van der Waals surface area contributed by atoms with Crippen LogP contribution in [0.25, 0.3) is 11.4 Å². The molecule has 3 aromatic rings. The molecule has 1 N–H and O–H groups in total. The molecule has 0 saturated carbocycles. The Labute approximate surface area is 177 Å². The molecule has 0 fully saturated rings. The molecule has 0 saturated heterocycles. The average Bonchev–Trinajstić information content (AvgIpc) is 3.20. The van der Waals surface area contributed by atoms with Crippen LogP contribution in [0.1, 0.15) is 39.0 Å². The molecule has 2 aromatic heterocycles. The molecule has 0 bridgehead atoms. The summed E-state index contributed by atoms with van der Waals surface area (Å²) in [6.45, 7) is 5.53. The molecule has 1 aromatic carbocycles. The van der Waals surface area contributed by atoms with E-state index in [0.29, 0.717) is 38.5 Å². The lowest BCUT2D eigenvalue weighted by Gasteiger charge is -2.04. The number of benzene rings is 1. The third-order valence-corrected chi connectivity index (χ3v) is 5.74. The lowest BCUT2D eigenvalue weighted by atomic mass is 10.1. The number of halogens is 1. The summed E-state index contributed by atoms with van der Waals surface area (Å²) in [6.07, 6.45) is 0. The van der Waals surface area contributed by atoms with E-state index in [2.05, 4.69) is 15.2 Å². The van der Waals surface area contributed by atoms with Gasteiger partial charge in [0.05, 0.1) is 23.6 Å². The van der Waals surface area contributed by atoms with Crippen LogP contribution in [0.4, 0.5) is 0 Å². The molecule has 0 radical (unpaired) electrons. The summed E-state index contributed by atoms with van der Waals surface area (Å²) >= 11 is 7.22. The number of aromatic nitrogens is 4. The van der Waals surface area contributed by atoms with E-state index in [1.807, 2.05) is 23.7 Å². The standard InChI is InChI=1S/C20H21ClN4O3S/c1-5-28-19(27)16-11(2)17(22-12(16)3)15(26)10-29-20-24-23-18(25(20)4)13-6-8-14(21)9-7-13/h6-9,22H,5,10H2,1-4H3. The number of Topliss-reactive ketones (excluding diaryl/α,β-unsaturated/α-hetero) is 1. The topological polar surface area (TPSA) is 89.9 Å². The van der Waals surface area contributed by atoms with Crippen molar-refractivity contribution in [2.75, 3.05) is 12.4 Å². The SMILES string of the molecule is CCOC(=O)c1c(C)[nH]c(C(=O)CSc2nnc(-c3ccc(Cl)cc3)n2C)c1C. The van der Waals surface area contributed by atoms with E-state index in [-0.39, 0.29) is 18.1 Å². The van der Waals surface area contributed by atoms with E-state index in [1.165, 1.54) is 11.8 Å². The quantitative estimate of drug-likeness (QED) is 0.341. The van der Waals surface area contributed by atoms with Gasteiger partial charge in [0.25, 0.3) is 0 Å². The highest BCUT2D eigenvalue weighted by atomic mass is 35.5. The van der Waals surface area contributed by atoms with Gasteiger partial charge in [-0.2, -0.15) is 0 Å². The first-order valence-electron chi connectivity index (χ1n) is 9.01. The van der Waals surface area contributed by atoms with Gasteiger partial charge in [-0.15, -0.1) is 10.2 Å². The van der Waals surface area contributed by atoms with Gasteiger partial charge in [-0.25, -0.2) is 4.79 Å². The predicted octanol–water partition coefficient (Wildman–Crippen LogP) is 4.23. The zero-order valence-corrected chi connectivity index (χ0v) is 18.1. The summed E-state index contributed by atoms with van der Waals surface area (Å²) in [6, 6.07) is 7.32. The fourth-order valence-electron chi connectivity index (χ4n) is 3.03. The molecule has 0 spiro atoms. The first-order valence-corrected chi connectivity index (χ1v) is 10.4. The van der Waals surface area contributed by atoms with Gasteiger partial charge in [0.15, 0.2) is 16.8 Å². The average molecular weight is 433 g/mol. The summed E-state index contributed by atoms with van der Waals surface area (Å²) < 4.78 is 6.91. The number of nitrogens with zero attached hydrogens (tertiary/aromatic N) is 3. The maximum Gasteiger partial charge on any atom is 0.340 e. The number of aryl methyl sites for hydroxylation is 1. The Morgan fingerprint density at radius 1 is 1.21 bits per heavy atom. The van der Waals surface area contributed by atoms with Gasteiger partial charge < -0.3 is 14.3 Å². The van der Waals surface area contributed by atoms with Gasteiger partial charge in [-0.3, -0.25) is 4.79 Å². The van der Waals surface area contributed by atoms with E-state index in [4.69, 9.17) is 16.3 Å². The van der Waals surface area contributed by atoms with Crippen LogP contribution in [0.5, 0.6) is 0 Å². The van der Waals surface area contributed by atoms with Crippen LogP contribution in [0, 0.1) is 13.8 Å². The van der Waals surface area contributed by atoms with Crippen molar-refractivity contribution < 1.29 is 14.3 Å². The Morgan fingerprint density at radius 2 is 1.90 bits per heavy atom. The number of nitrogens with one attached hydrogen (secondary N) is 1. The predicted molar refractivity (Wildman–Crippen MR) is 113 cm³/mol. The number of carbonyl (C=O) groups is 2. The van der Waals surface area contributed by atoms with Crippen LogP contribution in [0.15, 0.2) is 29.4 Å². The number of carbonyl (C=O) groups excluding carboxylic acids is 2. The Hall–Kier alpha value is -2.58. The van der Waals surface area contributed by atoms with Crippen LogP contribution >= 0.6 is 23.4 Å². The number of aromatic amines is 1. The molecule has 7 nitrogen and oxygen atoms in total. The van der Waals surface area contributed by atoms with Crippen molar-refractivity contribution in [3.63, 3.8) is 0 Å². The minimum absolute atomic E-state index is 0.123. The van der Waals surface area contributed by atoms with E-state index in [9.17, 15) is 9.59 Å². The fourth-order valence-corrected chi connectivity index (χ4v) is 3.94. The highest BCUT2D eigenvalue weighted by Gasteiger charge is 2.23. The molecular weight excluding hydrogens is 412 g/mol. The molecule has 29 heavy (non-hydrogen) atoms. The Morgan fingerprint density at radius 3 is 2.55 bits per heavy atom. The second-order valence-electron chi connectivity index (χ2n) is 6.43. The maximum absolute atomic E-state index is 12.7. The molecule has 3 rings (SSSR count). The lowest BCUT2D eigenvalue weighted by Crippen LogP contribution is -2.08. The van der Waals surface area contributed by atoms with Gasteiger partial charge in [0, 0.05) is 23.3 Å². The van der Waals surface area contributed by atoms with Crippen molar-refractivity contribution in [1.82, 2.24) is 19.7 Å². The molecule has 9 heteroatoms. The number of thioether (sulfide) groups is 1. The van der Waals surface area contributed by atoms with Crippen LogP contribution < -0.4 is 0 Å².